The first-order valence-electron chi connectivity index (χ1n) is 10.5. The molecular weight excluding hydrogens is 426 g/mol. The van der Waals surface area contributed by atoms with E-state index in [2.05, 4.69) is 4.98 Å². The van der Waals surface area contributed by atoms with Crippen LogP contribution in [0.15, 0.2) is 53.6 Å². The molecule has 8 heteroatoms. The molecule has 0 aliphatic rings. The Kier molecular flexibility index (Phi) is 6.55. The van der Waals surface area contributed by atoms with Gasteiger partial charge in [0.25, 0.3) is 5.56 Å². The molecule has 0 fully saturated rings. The molecule has 0 bridgehead atoms. The van der Waals surface area contributed by atoms with E-state index in [1.165, 1.54) is 17.8 Å². The molecule has 3 rings (SSSR count). The van der Waals surface area contributed by atoms with Crippen molar-refractivity contribution in [3.8, 4) is 11.1 Å². The molecule has 1 aromatic heterocycles. The van der Waals surface area contributed by atoms with Crippen LogP contribution in [0.5, 0.6) is 0 Å². The van der Waals surface area contributed by atoms with Gasteiger partial charge in [0.2, 0.25) is 0 Å². The van der Waals surface area contributed by atoms with Gasteiger partial charge in [-0.05, 0) is 48.7 Å². The van der Waals surface area contributed by atoms with Gasteiger partial charge in [-0.25, -0.2) is 13.4 Å². The predicted octanol–water partition coefficient (Wildman–Crippen LogP) is 3.30. The number of sulfone groups is 1. The number of benzene rings is 2. The Balaban J connectivity index is 1.92. The Bertz CT molecular complexity index is 1310. The average Bonchev–Trinajstić information content (AvgIpc) is 2.76. The summed E-state index contributed by atoms with van der Waals surface area (Å²) >= 11 is 0. The van der Waals surface area contributed by atoms with Gasteiger partial charge in [-0.2, -0.15) is 0 Å². The summed E-state index contributed by atoms with van der Waals surface area (Å²) in [6.45, 7) is 3.16. The van der Waals surface area contributed by atoms with Crippen LogP contribution < -0.4 is 10.5 Å². The monoisotopic (exact) mass is 455 g/mol. The summed E-state index contributed by atoms with van der Waals surface area (Å²) in [7, 11) is 0.331. The Morgan fingerprint density at radius 2 is 1.72 bits per heavy atom. The fourth-order valence-electron chi connectivity index (χ4n) is 3.69. The van der Waals surface area contributed by atoms with E-state index in [1.807, 2.05) is 55.4 Å². The first-order chi connectivity index (χ1) is 15.0. The molecule has 0 amide bonds. The standard InChI is InChI=1S/C24H29N3O4S/c1-6-22(28)24(2,32(5,30)31)13-14-27-16-25-21-15-18(9-12-20(21)23(27)29)17-7-10-19(11-8-17)26(3)4/h7-12,15-16H,6,13-14H2,1-5H3/t24-/m1/s1. The average molecular weight is 456 g/mol. The Labute approximate surface area is 188 Å². The van der Waals surface area contributed by atoms with Gasteiger partial charge >= 0.3 is 0 Å². The number of aryl methyl sites for hydroxylation is 1. The summed E-state index contributed by atoms with van der Waals surface area (Å²) in [4.78, 5) is 31.8. The molecule has 2 aromatic carbocycles. The third kappa shape index (κ3) is 4.46. The van der Waals surface area contributed by atoms with Gasteiger partial charge in [0.15, 0.2) is 15.6 Å². The van der Waals surface area contributed by atoms with Crippen LogP contribution in [0, 0.1) is 0 Å². The lowest BCUT2D eigenvalue weighted by molar-refractivity contribution is -0.121. The molecule has 0 aliphatic heterocycles. The van der Waals surface area contributed by atoms with Gasteiger partial charge in [-0.1, -0.05) is 25.1 Å². The van der Waals surface area contributed by atoms with Crippen molar-refractivity contribution in [2.75, 3.05) is 25.3 Å². The lowest BCUT2D eigenvalue weighted by atomic mass is 9.99. The number of anilines is 1. The molecule has 0 N–H and O–H groups in total. The van der Waals surface area contributed by atoms with Crippen molar-refractivity contribution in [1.82, 2.24) is 9.55 Å². The maximum atomic E-state index is 13.0. The zero-order valence-electron chi connectivity index (χ0n) is 19.1. The molecule has 1 atom stereocenters. The summed E-state index contributed by atoms with van der Waals surface area (Å²) in [6, 6.07) is 13.6. The third-order valence-corrected chi connectivity index (χ3v) is 8.17. The lowest BCUT2D eigenvalue weighted by Crippen LogP contribution is -2.44. The van der Waals surface area contributed by atoms with Crippen LogP contribution in [0.4, 0.5) is 5.69 Å². The van der Waals surface area contributed by atoms with Crippen molar-refractivity contribution in [3.63, 3.8) is 0 Å². The van der Waals surface area contributed by atoms with Crippen molar-refractivity contribution in [2.24, 2.45) is 0 Å². The molecule has 7 nitrogen and oxygen atoms in total. The second-order valence-electron chi connectivity index (χ2n) is 8.45. The summed E-state index contributed by atoms with van der Waals surface area (Å²) in [6.07, 6.45) is 2.62. The van der Waals surface area contributed by atoms with Gasteiger partial charge in [0.1, 0.15) is 4.75 Å². The number of hydrogen-bond acceptors (Lipinski definition) is 6. The number of rotatable bonds is 8. The van der Waals surface area contributed by atoms with E-state index in [-0.39, 0.29) is 30.7 Å². The Morgan fingerprint density at radius 3 is 2.28 bits per heavy atom. The SMILES string of the molecule is CCC(=O)[C@@](C)(CCn1cnc2cc(-c3ccc(N(C)C)cc3)ccc2c1=O)S(C)(=O)=O. The van der Waals surface area contributed by atoms with Crippen LogP contribution in [0.1, 0.15) is 26.7 Å². The van der Waals surface area contributed by atoms with Crippen molar-refractivity contribution >= 4 is 32.2 Å². The normalized spacial score (nSPS) is 13.7. The van der Waals surface area contributed by atoms with Crippen LogP contribution >= 0.6 is 0 Å². The fraction of sp³-hybridized carbons (Fsp3) is 0.375. The van der Waals surface area contributed by atoms with Crippen LogP contribution in [-0.4, -0.2) is 48.9 Å². The fourth-order valence-corrected chi connectivity index (χ4v) is 4.71. The Hall–Kier alpha value is -3.00. The van der Waals surface area contributed by atoms with Gasteiger partial charge in [0.05, 0.1) is 17.2 Å². The van der Waals surface area contributed by atoms with Gasteiger partial charge in [0, 0.05) is 39.0 Å². The number of hydrogen-bond donors (Lipinski definition) is 0. The molecule has 3 aromatic rings. The molecule has 0 unspecified atom stereocenters. The van der Waals surface area contributed by atoms with E-state index in [9.17, 15) is 18.0 Å². The number of Topliss-reactive ketones (excluding diaryl/α,β-unsaturated/α-hetero) is 1. The molecule has 0 saturated heterocycles. The second-order valence-corrected chi connectivity index (χ2v) is 10.9. The van der Waals surface area contributed by atoms with Crippen molar-refractivity contribution in [3.05, 3.63) is 59.1 Å². The van der Waals surface area contributed by atoms with E-state index in [1.54, 1.807) is 13.0 Å². The predicted molar refractivity (Wildman–Crippen MR) is 129 cm³/mol. The molecule has 0 aliphatic carbocycles. The molecule has 170 valence electrons. The van der Waals surface area contributed by atoms with Crippen molar-refractivity contribution < 1.29 is 13.2 Å². The highest BCUT2D eigenvalue weighted by Crippen LogP contribution is 2.26. The highest BCUT2D eigenvalue weighted by molar-refractivity contribution is 7.92. The molecule has 0 saturated carbocycles. The van der Waals surface area contributed by atoms with E-state index in [0.29, 0.717) is 10.9 Å². The Morgan fingerprint density at radius 1 is 1.09 bits per heavy atom. The topological polar surface area (TPSA) is 89.3 Å². The first-order valence-corrected chi connectivity index (χ1v) is 12.4. The molecule has 1 heterocycles. The second kappa shape index (κ2) is 8.86. The first kappa shape index (κ1) is 23.7. The quantitative estimate of drug-likeness (QED) is 0.518. The molecule has 0 spiro atoms. The van der Waals surface area contributed by atoms with Crippen molar-refractivity contribution in [1.29, 1.82) is 0 Å². The number of aromatic nitrogens is 2. The van der Waals surface area contributed by atoms with Crippen LogP contribution in [-0.2, 0) is 21.2 Å². The molecule has 32 heavy (non-hydrogen) atoms. The number of ketones is 1. The van der Waals surface area contributed by atoms with E-state index >= 15 is 0 Å². The zero-order valence-corrected chi connectivity index (χ0v) is 19.9. The van der Waals surface area contributed by atoms with Gasteiger partial charge in [-0.15, -0.1) is 0 Å². The lowest BCUT2D eigenvalue weighted by Gasteiger charge is -2.26. The highest BCUT2D eigenvalue weighted by atomic mass is 32.2. The van der Waals surface area contributed by atoms with Gasteiger partial charge < -0.3 is 4.90 Å². The molecular formula is C24H29N3O4S. The van der Waals surface area contributed by atoms with Crippen LogP contribution in [0.25, 0.3) is 22.0 Å². The highest BCUT2D eigenvalue weighted by Gasteiger charge is 2.41. The minimum atomic E-state index is -3.63. The minimum Gasteiger partial charge on any atom is -0.378 e. The number of carbonyl (C=O) groups excluding carboxylic acids is 1. The number of carbonyl (C=O) groups is 1. The van der Waals surface area contributed by atoms with E-state index < -0.39 is 14.6 Å². The summed E-state index contributed by atoms with van der Waals surface area (Å²) in [5, 5.41) is 0.448. The smallest absolute Gasteiger partial charge is 0.261 e. The maximum Gasteiger partial charge on any atom is 0.261 e. The summed E-state index contributed by atoms with van der Waals surface area (Å²) in [5.74, 6) is -0.355. The summed E-state index contributed by atoms with van der Waals surface area (Å²) in [5.41, 5.74) is 3.37. The number of fused-ring (bicyclic) bond motifs is 1. The van der Waals surface area contributed by atoms with Crippen LogP contribution in [0.3, 0.4) is 0 Å². The van der Waals surface area contributed by atoms with Gasteiger partial charge in [-0.3, -0.25) is 14.2 Å². The molecule has 0 radical (unpaired) electrons. The maximum absolute atomic E-state index is 13.0. The minimum absolute atomic E-state index is 0.0158. The summed E-state index contributed by atoms with van der Waals surface area (Å²) < 4.78 is 24.4. The van der Waals surface area contributed by atoms with E-state index in [0.717, 1.165) is 23.1 Å². The van der Waals surface area contributed by atoms with Crippen LogP contribution in [0.2, 0.25) is 0 Å². The number of nitrogens with zero attached hydrogens (tertiary/aromatic N) is 3. The van der Waals surface area contributed by atoms with E-state index in [4.69, 9.17) is 0 Å². The largest absolute Gasteiger partial charge is 0.378 e. The zero-order chi connectivity index (χ0) is 23.7. The third-order valence-electron chi connectivity index (χ3n) is 6.10. The van der Waals surface area contributed by atoms with Crippen molar-refractivity contribution in [2.45, 2.75) is 38.0 Å².